The molecular weight excluding hydrogens is 126 g/mol. The Morgan fingerprint density at radius 3 is 3.00 bits per heavy atom. The first-order valence-electron chi connectivity index (χ1n) is 3.70. The van der Waals surface area contributed by atoms with Crippen LogP contribution in [0, 0.1) is 12.8 Å². The first-order chi connectivity index (χ1) is 4.86. The van der Waals surface area contributed by atoms with Crippen LogP contribution in [0.3, 0.4) is 0 Å². The van der Waals surface area contributed by atoms with E-state index in [9.17, 15) is 0 Å². The van der Waals surface area contributed by atoms with Crippen LogP contribution < -0.4 is 0 Å². The van der Waals surface area contributed by atoms with Gasteiger partial charge in [-0.2, -0.15) is 5.10 Å². The van der Waals surface area contributed by atoms with E-state index >= 15 is 0 Å². The van der Waals surface area contributed by atoms with Gasteiger partial charge in [-0.1, -0.05) is 0 Å². The minimum absolute atomic E-state index is 0.889. The number of aromatic nitrogens is 3. The molecule has 1 aliphatic rings. The highest BCUT2D eigenvalue weighted by atomic mass is 15.3. The highest BCUT2D eigenvalue weighted by Crippen LogP contribution is 2.30. The molecule has 0 aliphatic heterocycles. The highest BCUT2D eigenvalue weighted by molar-refractivity contribution is 4.82. The molecule has 0 aromatic carbocycles. The predicted octanol–water partition coefficient (Wildman–Crippen LogP) is 0.997. The van der Waals surface area contributed by atoms with Crippen molar-refractivity contribution in [1.82, 2.24) is 14.8 Å². The molecule has 1 saturated carbocycles. The topological polar surface area (TPSA) is 30.7 Å². The normalized spacial score (nSPS) is 17.7. The smallest absolute Gasteiger partial charge is 0.138 e. The predicted molar refractivity (Wildman–Crippen MR) is 37.5 cm³/mol. The summed E-state index contributed by atoms with van der Waals surface area (Å²) in [6, 6.07) is 0. The number of hydrogen-bond donors (Lipinski definition) is 0. The van der Waals surface area contributed by atoms with Crippen molar-refractivity contribution in [2.45, 2.75) is 26.3 Å². The van der Waals surface area contributed by atoms with Crippen LogP contribution in [0.25, 0.3) is 0 Å². The van der Waals surface area contributed by atoms with Gasteiger partial charge in [0.05, 0.1) is 0 Å². The first kappa shape index (κ1) is 5.89. The Morgan fingerprint density at radius 2 is 2.50 bits per heavy atom. The van der Waals surface area contributed by atoms with Crippen molar-refractivity contribution in [3.63, 3.8) is 0 Å². The summed E-state index contributed by atoms with van der Waals surface area (Å²) in [5, 5.41) is 4.10. The summed E-state index contributed by atoms with van der Waals surface area (Å²) in [7, 11) is 0. The van der Waals surface area contributed by atoms with Crippen LogP contribution in [0.4, 0.5) is 0 Å². The molecule has 0 radical (unpaired) electrons. The van der Waals surface area contributed by atoms with Crippen LogP contribution in [-0.4, -0.2) is 14.8 Å². The third-order valence-electron chi connectivity index (χ3n) is 1.94. The fourth-order valence-electron chi connectivity index (χ4n) is 1.05. The Morgan fingerprint density at radius 1 is 1.70 bits per heavy atom. The summed E-state index contributed by atoms with van der Waals surface area (Å²) in [6.45, 7) is 3.07. The maximum Gasteiger partial charge on any atom is 0.138 e. The van der Waals surface area contributed by atoms with Crippen LogP contribution in [0.5, 0.6) is 0 Å². The zero-order chi connectivity index (χ0) is 6.97. The number of rotatable bonds is 2. The van der Waals surface area contributed by atoms with Crippen LogP contribution in [0.15, 0.2) is 6.33 Å². The Balaban J connectivity index is 2.08. The molecule has 0 bridgehead atoms. The summed E-state index contributed by atoms with van der Waals surface area (Å²) in [4.78, 5) is 4.05. The minimum Gasteiger partial charge on any atom is -0.250 e. The van der Waals surface area contributed by atoms with Crippen molar-refractivity contribution < 1.29 is 0 Å². The van der Waals surface area contributed by atoms with Crippen LogP contribution in [0.1, 0.15) is 18.7 Å². The molecule has 0 unspecified atom stereocenters. The van der Waals surface area contributed by atoms with Gasteiger partial charge in [-0.3, -0.25) is 4.68 Å². The van der Waals surface area contributed by atoms with Gasteiger partial charge >= 0.3 is 0 Å². The second-order valence-corrected chi connectivity index (χ2v) is 2.93. The molecule has 3 nitrogen and oxygen atoms in total. The van der Waals surface area contributed by atoms with Gasteiger partial charge in [0.1, 0.15) is 12.2 Å². The second-order valence-electron chi connectivity index (χ2n) is 2.93. The molecule has 1 aliphatic carbocycles. The molecule has 1 aromatic heterocycles. The standard InChI is InChI=1S/C7H11N3/c1-6-8-5-9-10(6)4-7-2-3-7/h5,7H,2-4H2,1H3. The third kappa shape index (κ3) is 1.03. The van der Waals surface area contributed by atoms with Crippen LogP contribution in [0.2, 0.25) is 0 Å². The molecule has 0 saturated heterocycles. The average Bonchev–Trinajstić information content (AvgIpc) is 2.62. The van der Waals surface area contributed by atoms with Crippen molar-refractivity contribution in [2.24, 2.45) is 5.92 Å². The van der Waals surface area contributed by atoms with Gasteiger partial charge in [0.2, 0.25) is 0 Å². The lowest BCUT2D eigenvalue weighted by molar-refractivity contribution is 0.547. The third-order valence-corrected chi connectivity index (χ3v) is 1.94. The van der Waals surface area contributed by atoms with Crippen molar-refractivity contribution in [2.75, 3.05) is 0 Å². The summed E-state index contributed by atoms with van der Waals surface area (Å²) in [5.74, 6) is 1.92. The van der Waals surface area contributed by atoms with E-state index in [0.717, 1.165) is 18.3 Å². The van der Waals surface area contributed by atoms with Crippen molar-refractivity contribution in [3.05, 3.63) is 12.2 Å². The molecule has 3 heteroatoms. The van der Waals surface area contributed by atoms with E-state index < -0.39 is 0 Å². The monoisotopic (exact) mass is 137 g/mol. The average molecular weight is 137 g/mol. The maximum absolute atomic E-state index is 4.10. The van der Waals surface area contributed by atoms with E-state index in [1.54, 1.807) is 6.33 Å². The van der Waals surface area contributed by atoms with Gasteiger partial charge < -0.3 is 0 Å². The summed E-state index contributed by atoms with van der Waals surface area (Å²) >= 11 is 0. The molecule has 54 valence electrons. The van der Waals surface area contributed by atoms with E-state index in [1.165, 1.54) is 12.8 Å². The van der Waals surface area contributed by atoms with E-state index in [4.69, 9.17) is 0 Å². The van der Waals surface area contributed by atoms with Gasteiger partial charge in [0.25, 0.3) is 0 Å². The van der Waals surface area contributed by atoms with Crippen molar-refractivity contribution in [1.29, 1.82) is 0 Å². The van der Waals surface area contributed by atoms with E-state index in [1.807, 2.05) is 11.6 Å². The molecule has 0 atom stereocenters. The zero-order valence-electron chi connectivity index (χ0n) is 6.12. The lowest BCUT2D eigenvalue weighted by atomic mass is 10.4. The van der Waals surface area contributed by atoms with Crippen LogP contribution >= 0.6 is 0 Å². The highest BCUT2D eigenvalue weighted by Gasteiger charge is 2.22. The molecule has 1 fully saturated rings. The molecule has 10 heavy (non-hydrogen) atoms. The second kappa shape index (κ2) is 2.08. The lowest BCUT2D eigenvalue weighted by Crippen LogP contribution is -2.03. The fourth-order valence-corrected chi connectivity index (χ4v) is 1.05. The van der Waals surface area contributed by atoms with E-state index in [-0.39, 0.29) is 0 Å². The Kier molecular flexibility index (Phi) is 1.22. The van der Waals surface area contributed by atoms with E-state index in [2.05, 4.69) is 10.1 Å². The molecule has 0 amide bonds. The van der Waals surface area contributed by atoms with Gasteiger partial charge in [0.15, 0.2) is 0 Å². The first-order valence-corrected chi connectivity index (χ1v) is 3.70. The van der Waals surface area contributed by atoms with Gasteiger partial charge in [-0.15, -0.1) is 0 Å². The van der Waals surface area contributed by atoms with Gasteiger partial charge in [-0.05, 0) is 25.7 Å². The largest absolute Gasteiger partial charge is 0.250 e. The molecular formula is C7H11N3. The Labute approximate surface area is 60.1 Å². The fraction of sp³-hybridized carbons (Fsp3) is 0.714. The Hall–Kier alpha value is -0.860. The number of nitrogens with zero attached hydrogens (tertiary/aromatic N) is 3. The molecule has 0 spiro atoms. The van der Waals surface area contributed by atoms with E-state index in [0.29, 0.717) is 0 Å². The minimum atomic E-state index is 0.889. The summed E-state index contributed by atoms with van der Waals surface area (Å²) < 4.78 is 1.98. The number of hydrogen-bond acceptors (Lipinski definition) is 2. The van der Waals surface area contributed by atoms with Crippen molar-refractivity contribution >= 4 is 0 Å². The van der Waals surface area contributed by atoms with Gasteiger partial charge in [0, 0.05) is 6.54 Å². The molecule has 2 rings (SSSR count). The zero-order valence-corrected chi connectivity index (χ0v) is 6.12. The van der Waals surface area contributed by atoms with Gasteiger partial charge in [-0.25, -0.2) is 4.98 Å². The SMILES string of the molecule is Cc1ncnn1CC1CC1. The summed E-state index contributed by atoms with van der Waals surface area (Å²) in [6.07, 6.45) is 4.37. The maximum atomic E-state index is 4.10. The molecule has 1 aromatic rings. The Bertz CT molecular complexity index is 225. The number of aryl methyl sites for hydroxylation is 1. The summed E-state index contributed by atoms with van der Waals surface area (Å²) in [5.41, 5.74) is 0. The molecule has 1 heterocycles. The van der Waals surface area contributed by atoms with Crippen LogP contribution in [-0.2, 0) is 6.54 Å². The quantitative estimate of drug-likeness (QED) is 0.608. The van der Waals surface area contributed by atoms with Crippen molar-refractivity contribution in [3.8, 4) is 0 Å². The lowest BCUT2D eigenvalue weighted by Gasteiger charge is -1.98. The molecule has 0 N–H and O–H groups in total.